The Bertz CT molecular complexity index is 132. The molecule has 1 saturated heterocycles. The van der Waals surface area contributed by atoms with E-state index in [0.29, 0.717) is 0 Å². The third-order valence-electron chi connectivity index (χ3n) is 2.46. The fourth-order valence-electron chi connectivity index (χ4n) is 1.56. The lowest BCUT2D eigenvalue weighted by Gasteiger charge is -2.19. The summed E-state index contributed by atoms with van der Waals surface area (Å²) in [5.74, 6) is 0. The van der Waals surface area contributed by atoms with Gasteiger partial charge in [-0.2, -0.15) is 0 Å². The predicted molar refractivity (Wildman–Crippen MR) is 49.0 cm³/mol. The molecule has 1 heterocycles. The zero-order valence-electron chi connectivity index (χ0n) is 7.83. The van der Waals surface area contributed by atoms with Crippen LogP contribution in [0.2, 0.25) is 0 Å². The molecule has 1 amide bonds. The number of likely N-dealkylation sites (tertiary alicyclic amines) is 1. The molecule has 0 aliphatic carbocycles. The summed E-state index contributed by atoms with van der Waals surface area (Å²) in [6.07, 6.45) is 3.59. The molecule has 0 radical (unpaired) electrons. The molecule has 1 fully saturated rings. The van der Waals surface area contributed by atoms with E-state index < -0.39 is 0 Å². The lowest BCUT2D eigenvalue weighted by molar-refractivity contribution is -0.118. The van der Waals surface area contributed by atoms with Gasteiger partial charge in [0.15, 0.2) is 0 Å². The smallest absolute Gasteiger partial charge is 0.209 e. The summed E-state index contributed by atoms with van der Waals surface area (Å²) in [6, 6.07) is 0. The largest absolute Gasteiger partial charge is 0.344 e. The first-order chi connectivity index (χ1) is 5.86. The standard InChI is InChI=1S/C9H18N2O/c1-2-10(9-12)7-8-11-5-3-4-6-11/h9H,2-8H2,1H3. The monoisotopic (exact) mass is 170 g/mol. The van der Waals surface area contributed by atoms with Gasteiger partial charge in [-0.25, -0.2) is 0 Å². The Balaban J connectivity index is 2.10. The van der Waals surface area contributed by atoms with E-state index >= 15 is 0 Å². The molecule has 12 heavy (non-hydrogen) atoms. The number of hydrogen-bond acceptors (Lipinski definition) is 2. The van der Waals surface area contributed by atoms with Crippen LogP contribution >= 0.6 is 0 Å². The highest BCUT2D eigenvalue weighted by atomic mass is 16.1. The first-order valence-electron chi connectivity index (χ1n) is 4.78. The van der Waals surface area contributed by atoms with Crippen LogP contribution in [-0.2, 0) is 4.79 Å². The zero-order valence-corrected chi connectivity index (χ0v) is 7.83. The first kappa shape index (κ1) is 9.52. The van der Waals surface area contributed by atoms with Crippen molar-refractivity contribution in [3.05, 3.63) is 0 Å². The highest BCUT2D eigenvalue weighted by Crippen LogP contribution is 2.06. The second-order valence-corrected chi connectivity index (χ2v) is 3.28. The third kappa shape index (κ3) is 2.81. The van der Waals surface area contributed by atoms with Gasteiger partial charge in [0.1, 0.15) is 0 Å². The van der Waals surface area contributed by atoms with E-state index in [1.54, 1.807) is 0 Å². The molecule has 0 N–H and O–H groups in total. The molecule has 1 rings (SSSR count). The van der Waals surface area contributed by atoms with Crippen molar-refractivity contribution in [1.82, 2.24) is 9.80 Å². The van der Waals surface area contributed by atoms with Crippen LogP contribution in [0.1, 0.15) is 19.8 Å². The van der Waals surface area contributed by atoms with Crippen molar-refractivity contribution >= 4 is 6.41 Å². The summed E-state index contributed by atoms with van der Waals surface area (Å²) in [5.41, 5.74) is 0. The Hall–Kier alpha value is -0.570. The van der Waals surface area contributed by atoms with Crippen molar-refractivity contribution in [2.45, 2.75) is 19.8 Å². The minimum Gasteiger partial charge on any atom is -0.344 e. The molecule has 0 aromatic heterocycles. The number of carbonyl (C=O) groups is 1. The molecule has 0 atom stereocenters. The van der Waals surface area contributed by atoms with Crippen LogP contribution in [0.5, 0.6) is 0 Å². The Kier molecular flexibility index (Phi) is 4.08. The molecule has 1 aliphatic heterocycles. The number of amides is 1. The number of rotatable bonds is 5. The van der Waals surface area contributed by atoms with Crippen molar-refractivity contribution in [1.29, 1.82) is 0 Å². The Morgan fingerprint density at radius 3 is 2.58 bits per heavy atom. The van der Waals surface area contributed by atoms with Gasteiger partial charge in [-0.1, -0.05) is 0 Å². The van der Waals surface area contributed by atoms with Gasteiger partial charge in [-0.3, -0.25) is 4.79 Å². The van der Waals surface area contributed by atoms with Crippen LogP contribution in [0, 0.1) is 0 Å². The van der Waals surface area contributed by atoms with Gasteiger partial charge in [-0.05, 0) is 32.9 Å². The van der Waals surface area contributed by atoms with Crippen molar-refractivity contribution in [3.8, 4) is 0 Å². The minimum atomic E-state index is 0.831. The van der Waals surface area contributed by atoms with Gasteiger partial charge >= 0.3 is 0 Å². The third-order valence-corrected chi connectivity index (χ3v) is 2.46. The average molecular weight is 170 g/mol. The molecule has 0 spiro atoms. The highest BCUT2D eigenvalue weighted by Gasteiger charge is 2.11. The topological polar surface area (TPSA) is 23.6 Å². The van der Waals surface area contributed by atoms with E-state index in [0.717, 1.165) is 26.0 Å². The maximum absolute atomic E-state index is 10.4. The predicted octanol–water partition coefficient (Wildman–Crippen LogP) is 0.560. The SMILES string of the molecule is CCN(C=O)CCN1CCCC1. The summed E-state index contributed by atoms with van der Waals surface area (Å²) in [4.78, 5) is 14.7. The van der Waals surface area contributed by atoms with Crippen LogP contribution < -0.4 is 0 Å². The van der Waals surface area contributed by atoms with Crippen molar-refractivity contribution in [3.63, 3.8) is 0 Å². The quantitative estimate of drug-likeness (QED) is 0.563. The van der Waals surface area contributed by atoms with Crippen LogP contribution in [-0.4, -0.2) is 48.9 Å². The molecule has 0 saturated carbocycles. The van der Waals surface area contributed by atoms with E-state index in [1.165, 1.54) is 25.9 Å². The number of nitrogens with zero attached hydrogens (tertiary/aromatic N) is 2. The molecular formula is C9H18N2O. The summed E-state index contributed by atoms with van der Waals surface area (Å²) >= 11 is 0. The van der Waals surface area contributed by atoms with Crippen LogP contribution in [0.15, 0.2) is 0 Å². The van der Waals surface area contributed by atoms with Crippen LogP contribution in [0.25, 0.3) is 0 Å². The molecule has 3 heteroatoms. The maximum Gasteiger partial charge on any atom is 0.209 e. The number of likely N-dealkylation sites (N-methyl/N-ethyl adjacent to an activating group) is 1. The van der Waals surface area contributed by atoms with E-state index in [-0.39, 0.29) is 0 Å². The van der Waals surface area contributed by atoms with Gasteiger partial charge < -0.3 is 9.80 Å². The van der Waals surface area contributed by atoms with Crippen LogP contribution in [0.4, 0.5) is 0 Å². The van der Waals surface area contributed by atoms with E-state index in [4.69, 9.17) is 0 Å². The fraction of sp³-hybridized carbons (Fsp3) is 0.889. The lowest BCUT2D eigenvalue weighted by atomic mass is 10.4. The summed E-state index contributed by atoms with van der Waals surface area (Å²) in [7, 11) is 0. The molecule has 3 nitrogen and oxygen atoms in total. The Morgan fingerprint density at radius 2 is 2.08 bits per heavy atom. The number of carbonyl (C=O) groups excluding carboxylic acids is 1. The van der Waals surface area contributed by atoms with Gasteiger partial charge in [0.2, 0.25) is 6.41 Å². The molecule has 1 aliphatic rings. The molecule has 0 bridgehead atoms. The number of hydrogen-bond donors (Lipinski definition) is 0. The summed E-state index contributed by atoms with van der Waals surface area (Å²) < 4.78 is 0. The molecule has 70 valence electrons. The minimum absolute atomic E-state index is 0.831. The zero-order chi connectivity index (χ0) is 8.81. The molecule has 0 aromatic carbocycles. The van der Waals surface area contributed by atoms with E-state index in [1.807, 2.05) is 11.8 Å². The molecule has 0 unspecified atom stereocenters. The van der Waals surface area contributed by atoms with Gasteiger partial charge in [-0.15, -0.1) is 0 Å². The second-order valence-electron chi connectivity index (χ2n) is 3.28. The fourth-order valence-corrected chi connectivity index (χ4v) is 1.56. The van der Waals surface area contributed by atoms with Crippen LogP contribution in [0.3, 0.4) is 0 Å². The molecule has 0 aromatic rings. The average Bonchev–Trinajstić information content (AvgIpc) is 2.59. The first-order valence-corrected chi connectivity index (χ1v) is 4.78. The van der Waals surface area contributed by atoms with Gasteiger partial charge in [0.25, 0.3) is 0 Å². The van der Waals surface area contributed by atoms with Gasteiger partial charge in [0.05, 0.1) is 0 Å². The van der Waals surface area contributed by atoms with E-state index in [9.17, 15) is 4.79 Å². The maximum atomic E-state index is 10.4. The van der Waals surface area contributed by atoms with Crippen molar-refractivity contribution < 1.29 is 4.79 Å². The Morgan fingerprint density at radius 1 is 1.42 bits per heavy atom. The lowest BCUT2D eigenvalue weighted by Crippen LogP contribution is -2.32. The summed E-state index contributed by atoms with van der Waals surface area (Å²) in [5, 5.41) is 0. The van der Waals surface area contributed by atoms with Crippen molar-refractivity contribution in [2.75, 3.05) is 32.7 Å². The second kappa shape index (κ2) is 5.14. The molecular weight excluding hydrogens is 152 g/mol. The van der Waals surface area contributed by atoms with E-state index in [2.05, 4.69) is 4.90 Å². The van der Waals surface area contributed by atoms with Gasteiger partial charge in [0, 0.05) is 19.6 Å². The Labute approximate surface area is 74.3 Å². The normalized spacial score (nSPS) is 18.1. The summed E-state index contributed by atoms with van der Waals surface area (Å²) in [6.45, 7) is 7.22. The van der Waals surface area contributed by atoms with Crippen molar-refractivity contribution in [2.24, 2.45) is 0 Å². The highest BCUT2D eigenvalue weighted by molar-refractivity contribution is 5.46.